The van der Waals surface area contributed by atoms with Gasteiger partial charge in [-0.1, -0.05) is 0 Å². The largest absolute Gasteiger partial charge is 0.472 e. The van der Waals surface area contributed by atoms with Gasteiger partial charge in [-0.05, 0) is 26.0 Å². The Morgan fingerprint density at radius 3 is 2.69 bits per heavy atom. The molecule has 0 bridgehead atoms. The Kier molecular flexibility index (Phi) is 2.14. The van der Waals surface area contributed by atoms with E-state index in [1.807, 2.05) is 6.07 Å². The van der Waals surface area contributed by atoms with Gasteiger partial charge in [0.25, 0.3) is 0 Å². The van der Waals surface area contributed by atoms with Crippen molar-refractivity contribution in [3.8, 4) is 0 Å². The van der Waals surface area contributed by atoms with Crippen LogP contribution in [-0.4, -0.2) is 30.1 Å². The first-order valence-electron chi connectivity index (χ1n) is 4.64. The van der Waals surface area contributed by atoms with Crippen molar-refractivity contribution in [2.24, 2.45) is 0 Å². The van der Waals surface area contributed by atoms with Gasteiger partial charge in [-0.15, -0.1) is 0 Å². The van der Waals surface area contributed by atoms with Crippen molar-refractivity contribution < 1.29 is 9.52 Å². The summed E-state index contributed by atoms with van der Waals surface area (Å²) in [5, 5.41) is 10.3. The van der Waals surface area contributed by atoms with E-state index in [-0.39, 0.29) is 0 Å². The van der Waals surface area contributed by atoms with Crippen LogP contribution in [0.5, 0.6) is 0 Å². The Balaban J connectivity index is 2.13. The number of furan rings is 1. The molecule has 1 aliphatic heterocycles. The van der Waals surface area contributed by atoms with Crippen LogP contribution in [0.4, 0.5) is 0 Å². The fraction of sp³-hybridized carbons (Fsp3) is 0.600. The maximum atomic E-state index is 10.3. The van der Waals surface area contributed by atoms with Crippen LogP contribution in [0, 0.1) is 0 Å². The minimum absolute atomic E-state index is 0.653. The number of rotatable bonds is 1. The number of hydrogen-bond acceptors (Lipinski definition) is 3. The van der Waals surface area contributed by atoms with E-state index >= 15 is 0 Å². The third-order valence-electron chi connectivity index (χ3n) is 2.87. The van der Waals surface area contributed by atoms with E-state index in [4.69, 9.17) is 4.42 Å². The lowest BCUT2D eigenvalue weighted by molar-refractivity contribution is -0.0207. The minimum Gasteiger partial charge on any atom is -0.472 e. The number of piperidine rings is 1. The molecule has 1 N–H and O–H groups in total. The molecule has 1 aromatic heterocycles. The molecule has 0 saturated carbocycles. The van der Waals surface area contributed by atoms with E-state index < -0.39 is 5.60 Å². The van der Waals surface area contributed by atoms with Crippen LogP contribution in [0.2, 0.25) is 0 Å². The summed E-state index contributed by atoms with van der Waals surface area (Å²) in [4.78, 5) is 2.23. The summed E-state index contributed by atoms with van der Waals surface area (Å²) in [5.41, 5.74) is 0.264. The van der Waals surface area contributed by atoms with Crippen molar-refractivity contribution in [2.45, 2.75) is 18.4 Å². The number of nitrogens with zero attached hydrogens (tertiary/aromatic N) is 1. The third-order valence-corrected chi connectivity index (χ3v) is 2.87. The lowest BCUT2D eigenvalue weighted by Gasteiger charge is -2.35. The quantitative estimate of drug-likeness (QED) is 0.707. The molecule has 1 saturated heterocycles. The molecule has 0 aromatic carbocycles. The van der Waals surface area contributed by atoms with Crippen molar-refractivity contribution in [1.29, 1.82) is 0 Å². The van der Waals surface area contributed by atoms with Crippen LogP contribution in [-0.2, 0) is 5.60 Å². The minimum atomic E-state index is -0.653. The predicted molar refractivity (Wildman–Crippen MR) is 49.3 cm³/mol. The monoisotopic (exact) mass is 181 g/mol. The average molecular weight is 181 g/mol. The highest BCUT2D eigenvalue weighted by Gasteiger charge is 2.33. The number of hydrogen-bond donors (Lipinski definition) is 1. The molecule has 72 valence electrons. The van der Waals surface area contributed by atoms with Crippen LogP contribution < -0.4 is 0 Å². The maximum Gasteiger partial charge on any atom is 0.0963 e. The second-order valence-electron chi connectivity index (χ2n) is 3.85. The fourth-order valence-corrected chi connectivity index (χ4v) is 1.81. The van der Waals surface area contributed by atoms with E-state index in [2.05, 4.69) is 11.9 Å². The molecule has 1 aromatic rings. The van der Waals surface area contributed by atoms with Gasteiger partial charge in [0.2, 0.25) is 0 Å². The van der Waals surface area contributed by atoms with Crippen molar-refractivity contribution >= 4 is 0 Å². The molecule has 3 nitrogen and oxygen atoms in total. The molecule has 0 unspecified atom stereocenters. The molecular weight excluding hydrogens is 166 g/mol. The van der Waals surface area contributed by atoms with Crippen molar-refractivity contribution in [1.82, 2.24) is 4.90 Å². The van der Waals surface area contributed by atoms with E-state index in [1.54, 1.807) is 12.5 Å². The van der Waals surface area contributed by atoms with Gasteiger partial charge in [0.15, 0.2) is 0 Å². The molecule has 0 atom stereocenters. The summed E-state index contributed by atoms with van der Waals surface area (Å²) < 4.78 is 4.99. The lowest BCUT2D eigenvalue weighted by Crippen LogP contribution is -2.40. The van der Waals surface area contributed by atoms with E-state index in [9.17, 15) is 5.11 Å². The second-order valence-corrected chi connectivity index (χ2v) is 3.85. The molecule has 1 fully saturated rings. The first-order valence-corrected chi connectivity index (χ1v) is 4.64. The highest BCUT2D eigenvalue weighted by atomic mass is 16.3. The fourth-order valence-electron chi connectivity index (χ4n) is 1.81. The molecule has 3 heteroatoms. The Morgan fingerprint density at radius 1 is 1.46 bits per heavy atom. The molecular formula is C10H15NO2. The van der Waals surface area contributed by atoms with Crippen LogP contribution in [0.25, 0.3) is 0 Å². The lowest BCUT2D eigenvalue weighted by atomic mass is 9.86. The highest BCUT2D eigenvalue weighted by molar-refractivity contribution is 5.17. The Labute approximate surface area is 78.0 Å². The van der Waals surface area contributed by atoms with Crippen LogP contribution >= 0.6 is 0 Å². The van der Waals surface area contributed by atoms with E-state index in [0.717, 1.165) is 31.5 Å². The van der Waals surface area contributed by atoms with Gasteiger partial charge < -0.3 is 14.4 Å². The van der Waals surface area contributed by atoms with E-state index in [0.29, 0.717) is 0 Å². The van der Waals surface area contributed by atoms with Gasteiger partial charge in [-0.25, -0.2) is 0 Å². The van der Waals surface area contributed by atoms with Crippen molar-refractivity contribution in [2.75, 3.05) is 20.1 Å². The van der Waals surface area contributed by atoms with Gasteiger partial charge in [0.1, 0.15) is 0 Å². The molecule has 0 radical (unpaired) electrons. The zero-order valence-electron chi connectivity index (χ0n) is 7.86. The van der Waals surface area contributed by atoms with Gasteiger partial charge in [0, 0.05) is 18.7 Å². The molecule has 2 rings (SSSR count). The second kappa shape index (κ2) is 3.16. The summed E-state index contributed by atoms with van der Waals surface area (Å²) >= 11 is 0. The normalized spacial score (nSPS) is 23.2. The van der Waals surface area contributed by atoms with Crippen LogP contribution in [0.1, 0.15) is 18.4 Å². The maximum absolute atomic E-state index is 10.3. The summed E-state index contributed by atoms with van der Waals surface area (Å²) in [6.07, 6.45) is 4.85. The zero-order chi connectivity index (χ0) is 9.31. The van der Waals surface area contributed by atoms with Gasteiger partial charge in [-0.3, -0.25) is 0 Å². The van der Waals surface area contributed by atoms with Crippen molar-refractivity contribution in [3.05, 3.63) is 24.2 Å². The Bertz CT molecular complexity index is 260. The number of aliphatic hydroxyl groups is 1. The smallest absolute Gasteiger partial charge is 0.0963 e. The van der Waals surface area contributed by atoms with Crippen LogP contribution in [0.3, 0.4) is 0 Å². The molecule has 0 spiro atoms. The standard InChI is InChI=1S/C10H15NO2/c1-11-5-3-10(12,4-6-11)9-2-7-13-8-9/h2,7-8,12H,3-6H2,1H3. The number of likely N-dealkylation sites (tertiary alicyclic amines) is 1. The predicted octanol–water partition coefficient (Wildman–Crippen LogP) is 1.19. The first kappa shape index (κ1) is 8.78. The first-order chi connectivity index (χ1) is 6.21. The molecule has 0 aliphatic carbocycles. The third kappa shape index (κ3) is 1.62. The van der Waals surface area contributed by atoms with Gasteiger partial charge >= 0.3 is 0 Å². The Morgan fingerprint density at radius 2 is 2.15 bits per heavy atom. The molecule has 1 aliphatic rings. The van der Waals surface area contributed by atoms with E-state index in [1.165, 1.54) is 0 Å². The summed E-state index contributed by atoms with van der Waals surface area (Å²) in [5.74, 6) is 0. The molecule has 0 amide bonds. The summed E-state index contributed by atoms with van der Waals surface area (Å²) in [6.45, 7) is 1.89. The Hall–Kier alpha value is -0.800. The topological polar surface area (TPSA) is 36.6 Å². The average Bonchev–Trinajstić information content (AvgIpc) is 2.63. The summed E-state index contributed by atoms with van der Waals surface area (Å²) in [6, 6.07) is 1.85. The van der Waals surface area contributed by atoms with Gasteiger partial charge in [-0.2, -0.15) is 0 Å². The van der Waals surface area contributed by atoms with Gasteiger partial charge in [0.05, 0.1) is 18.1 Å². The molecule has 2 heterocycles. The zero-order valence-corrected chi connectivity index (χ0v) is 7.86. The highest BCUT2D eigenvalue weighted by Crippen LogP contribution is 2.32. The van der Waals surface area contributed by atoms with Crippen molar-refractivity contribution in [3.63, 3.8) is 0 Å². The van der Waals surface area contributed by atoms with Crippen LogP contribution in [0.15, 0.2) is 23.0 Å². The summed E-state index contributed by atoms with van der Waals surface area (Å²) in [7, 11) is 2.08. The SMILES string of the molecule is CN1CCC(O)(c2ccoc2)CC1. The molecule has 13 heavy (non-hydrogen) atoms.